The Bertz CT molecular complexity index is 1920. The minimum Gasteiger partial charge on any atom is -0.400 e. The summed E-state index contributed by atoms with van der Waals surface area (Å²) in [5.41, 5.74) is 10.4. The van der Waals surface area contributed by atoms with Crippen molar-refractivity contribution in [1.29, 1.82) is 5.26 Å². The highest BCUT2D eigenvalue weighted by Gasteiger charge is 2.39. The molecule has 0 aromatic carbocycles. The smallest absolute Gasteiger partial charge is 0.0827 e. The normalized spacial score (nSPS) is 21.9. The summed E-state index contributed by atoms with van der Waals surface area (Å²) in [5.74, 6) is 0. The van der Waals surface area contributed by atoms with E-state index in [2.05, 4.69) is 143 Å². The lowest BCUT2D eigenvalue weighted by molar-refractivity contribution is 0.399. The molecule has 53 heavy (non-hydrogen) atoms. The third-order valence-electron chi connectivity index (χ3n) is 11.8. The van der Waals surface area contributed by atoms with Gasteiger partial charge in [0.1, 0.15) is 0 Å². The number of aromatic amines is 4. The summed E-state index contributed by atoms with van der Waals surface area (Å²) < 4.78 is 3.98. The van der Waals surface area contributed by atoms with Crippen LogP contribution in [0.4, 0.5) is 0 Å². The zero-order chi connectivity index (χ0) is 38.0. The van der Waals surface area contributed by atoms with Gasteiger partial charge in [0, 0.05) is 107 Å². The molecule has 0 atom stereocenters. The maximum Gasteiger partial charge on any atom is 0.0827 e. The Balaban J connectivity index is 0.000000916. The summed E-state index contributed by atoms with van der Waals surface area (Å²) in [4.78, 5) is 15.7. The topological polar surface area (TPSA) is 169 Å². The molecule has 0 fully saturated rings. The second-order valence-electron chi connectivity index (χ2n) is 15.9. The fourth-order valence-corrected chi connectivity index (χ4v) is 7.87. The SMILES string of the molecule is CC#N.CC1(C)c2ccc([nH]2)C2(C)CCc3cn(nn3)CCCCn3cc(nn3)CCC(C)(c3ccc1[nH]3)c1ccc([nH]1)C(C)(C)c1ccc2[nH]1.CO. The number of H-pyrrole nitrogens is 4. The number of aliphatic hydroxyl groups is 1. The van der Waals surface area contributed by atoms with Crippen molar-refractivity contribution in [2.24, 2.45) is 0 Å². The van der Waals surface area contributed by atoms with E-state index in [0.717, 1.165) is 70.1 Å². The molecule has 6 aromatic rings. The van der Waals surface area contributed by atoms with Crippen LogP contribution in [0.5, 0.6) is 0 Å². The van der Waals surface area contributed by atoms with Crippen LogP contribution in [0, 0.1) is 11.3 Å². The molecular formula is C41H55N11O. The lowest BCUT2D eigenvalue weighted by atomic mass is 9.78. The van der Waals surface area contributed by atoms with Gasteiger partial charge in [-0.15, -0.1) is 10.2 Å². The molecular weight excluding hydrogens is 663 g/mol. The number of aliphatic hydroxyl groups excluding tert-OH is 1. The number of rotatable bonds is 0. The van der Waals surface area contributed by atoms with Crippen molar-refractivity contribution in [3.63, 3.8) is 0 Å². The van der Waals surface area contributed by atoms with Crippen LogP contribution in [0.3, 0.4) is 0 Å². The molecule has 0 saturated heterocycles. The van der Waals surface area contributed by atoms with E-state index in [1.165, 1.54) is 52.5 Å². The summed E-state index contributed by atoms with van der Waals surface area (Å²) in [7, 11) is 1.00. The lowest BCUT2D eigenvalue weighted by Gasteiger charge is -2.31. The van der Waals surface area contributed by atoms with Crippen LogP contribution in [0.25, 0.3) is 0 Å². The first-order valence-corrected chi connectivity index (χ1v) is 18.7. The van der Waals surface area contributed by atoms with Crippen LogP contribution in [0.15, 0.2) is 60.9 Å². The van der Waals surface area contributed by atoms with Crippen molar-refractivity contribution < 1.29 is 5.11 Å². The highest BCUT2D eigenvalue weighted by molar-refractivity contribution is 5.44. The monoisotopic (exact) mass is 717 g/mol. The molecule has 0 spiro atoms. The number of hydrogen-bond acceptors (Lipinski definition) is 6. The average Bonchev–Trinajstić information content (AvgIpc) is 4.00. The van der Waals surface area contributed by atoms with Crippen molar-refractivity contribution in [2.45, 2.75) is 122 Å². The van der Waals surface area contributed by atoms with E-state index in [1.807, 2.05) is 9.36 Å². The zero-order valence-corrected chi connectivity index (χ0v) is 32.5. The highest BCUT2D eigenvalue weighted by atomic mass is 16.2. The van der Waals surface area contributed by atoms with Crippen LogP contribution in [-0.4, -0.2) is 62.1 Å². The first-order valence-electron chi connectivity index (χ1n) is 18.7. The van der Waals surface area contributed by atoms with Crippen molar-refractivity contribution in [3.8, 4) is 6.07 Å². The number of hydrogen-bond donors (Lipinski definition) is 5. The molecule has 14 bridgehead atoms. The van der Waals surface area contributed by atoms with Crippen molar-refractivity contribution in [2.75, 3.05) is 7.11 Å². The van der Waals surface area contributed by atoms with E-state index >= 15 is 0 Å². The molecule has 0 unspecified atom stereocenters. The molecule has 0 radical (unpaired) electrons. The van der Waals surface area contributed by atoms with Gasteiger partial charge in [-0.25, -0.2) is 0 Å². The largest absolute Gasteiger partial charge is 0.400 e. The number of nitrogens with one attached hydrogen (secondary N) is 4. The number of aryl methyl sites for hydroxylation is 4. The number of fused-ring (bicyclic) bond motifs is 5. The van der Waals surface area contributed by atoms with E-state index in [1.54, 1.807) is 6.07 Å². The summed E-state index contributed by atoms with van der Waals surface area (Å²) >= 11 is 0. The van der Waals surface area contributed by atoms with E-state index in [9.17, 15) is 0 Å². The van der Waals surface area contributed by atoms with E-state index in [0.29, 0.717) is 0 Å². The summed E-state index contributed by atoms with van der Waals surface area (Å²) in [5, 5.41) is 32.5. The second kappa shape index (κ2) is 14.7. The van der Waals surface area contributed by atoms with Gasteiger partial charge in [-0.3, -0.25) is 9.36 Å². The summed E-state index contributed by atoms with van der Waals surface area (Å²) in [6.07, 6.45) is 9.61. The third kappa shape index (κ3) is 7.02. The van der Waals surface area contributed by atoms with Crippen molar-refractivity contribution in [3.05, 3.63) is 118 Å². The average molecular weight is 718 g/mol. The molecule has 5 N–H and O–H groups in total. The van der Waals surface area contributed by atoms with Crippen LogP contribution in [-0.2, 0) is 47.6 Å². The van der Waals surface area contributed by atoms with E-state index < -0.39 is 0 Å². The zero-order valence-electron chi connectivity index (χ0n) is 32.5. The molecule has 12 heteroatoms. The molecule has 3 aliphatic rings. The second-order valence-corrected chi connectivity index (χ2v) is 15.9. The predicted octanol–water partition coefficient (Wildman–Crippen LogP) is 6.96. The number of aromatic nitrogens is 10. The Hall–Kier alpha value is -5.15. The van der Waals surface area contributed by atoms with Crippen molar-refractivity contribution in [1.82, 2.24) is 49.9 Å². The standard InChI is InChI=1S/C38H48N10.C2H3N.CH4O/c1-35(2)27-9-13-31(39-27)37(5)19-17-25-23-47(45-43-25)21-7-8-22-48-24-26(44-46-48)18-20-38(6,32-14-10-28(35)40-32)34-16-12-30(42-34)36(3,4)29-11-15-33(37)41-29;1-2-3;1-2/h9-16,23-24,39-42H,7-8,17-22H2,1-6H3;1H3;2H,1H3. The minimum atomic E-state index is -0.310. The Morgan fingerprint density at radius 2 is 0.849 bits per heavy atom. The quantitative estimate of drug-likeness (QED) is 0.114. The molecule has 0 aliphatic carbocycles. The van der Waals surface area contributed by atoms with Crippen molar-refractivity contribution >= 4 is 0 Å². The Morgan fingerprint density at radius 3 is 1.15 bits per heavy atom. The van der Waals surface area contributed by atoms with E-state index in [4.69, 9.17) is 10.4 Å². The van der Waals surface area contributed by atoms with Gasteiger partial charge in [0.15, 0.2) is 0 Å². The fraction of sp³-hybridized carbons (Fsp3) is 0.488. The van der Waals surface area contributed by atoms with Gasteiger partial charge in [-0.2, -0.15) is 5.26 Å². The molecule has 9 heterocycles. The Morgan fingerprint density at radius 1 is 0.566 bits per heavy atom. The highest BCUT2D eigenvalue weighted by Crippen LogP contribution is 2.43. The first kappa shape index (κ1) is 37.6. The minimum absolute atomic E-state index is 0.278. The fourth-order valence-electron chi connectivity index (χ4n) is 7.87. The Labute approximate surface area is 312 Å². The van der Waals surface area contributed by atoms with Crippen LogP contribution in [0.2, 0.25) is 0 Å². The molecule has 9 rings (SSSR count). The van der Waals surface area contributed by atoms with Gasteiger partial charge >= 0.3 is 0 Å². The van der Waals surface area contributed by atoms with Crippen LogP contribution >= 0.6 is 0 Å². The predicted molar refractivity (Wildman–Crippen MR) is 206 cm³/mol. The first-order chi connectivity index (χ1) is 25.4. The Kier molecular flexibility index (Phi) is 10.4. The summed E-state index contributed by atoms with van der Waals surface area (Å²) in [6, 6.07) is 20.0. The van der Waals surface area contributed by atoms with E-state index in [-0.39, 0.29) is 21.7 Å². The van der Waals surface area contributed by atoms with Gasteiger partial charge in [-0.05, 0) is 129 Å². The molecule has 0 saturated carbocycles. The molecule has 12 nitrogen and oxygen atoms in total. The van der Waals surface area contributed by atoms with Gasteiger partial charge in [0.25, 0.3) is 0 Å². The van der Waals surface area contributed by atoms with Gasteiger partial charge < -0.3 is 25.0 Å². The number of nitrogens with zero attached hydrogens (tertiary/aromatic N) is 7. The number of nitriles is 1. The molecule has 3 aliphatic heterocycles. The van der Waals surface area contributed by atoms with Crippen LogP contribution < -0.4 is 0 Å². The molecule has 6 aromatic heterocycles. The van der Waals surface area contributed by atoms with Gasteiger partial charge in [-0.1, -0.05) is 10.4 Å². The third-order valence-corrected chi connectivity index (χ3v) is 11.8. The van der Waals surface area contributed by atoms with Gasteiger partial charge in [0.2, 0.25) is 0 Å². The maximum atomic E-state index is 7.32. The lowest BCUT2D eigenvalue weighted by Crippen LogP contribution is -2.29. The van der Waals surface area contributed by atoms with Gasteiger partial charge in [0.05, 0.1) is 17.5 Å². The summed E-state index contributed by atoms with van der Waals surface area (Å²) in [6.45, 7) is 17.0. The maximum absolute atomic E-state index is 7.32. The molecule has 280 valence electrons. The van der Waals surface area contributed by atoms with Crippen LogP contribution in [0.1, 0.15) is 131 Å². The molecule has 0 amide bonds.